The first-order valence-electron chi connectivity index (χ1n) is 8.26. The summed E-state index contributed by atoms with van der Waals surface area (Å²) in [5.74, 6) is 0.827. The fourth-order valence-electron chi connectivity index (χ4n) is 2.90. The van der Waals surface area contributed by atoms with Crippen LogP contribution in [-0.2, 0) is 14.6 Å². The van der Waals surface area contributed by atoms with Gasteiger partial charge in [-0.15, -0.1) is 0 Å². The normalized spacial score (nSPS) is 18.8. The molecule has 1 aromatic rings. The molecular weight excluding hydrogens is 344 g/mol. The minimum absolute atomic E-state index is 0.00205. The molecule has 0 aromatic heterocycles. The van der Waals surface area contributed by atoms with Crippen LogP contribution >= 0.6 is 0 Å². The van der Waals surface area contributed by atoms with Gasteiger partial charge in [-0.1, -0.05) is 17.7 Å². The van der Waals surface area contributed by atoms with Gasteiger partial charge in [0.15, 0.2) is 16.6 Å². The fraction of sp³-hybridized carbons (Fsp3) is 0.588. The molecular formula is C17H26N2O5S. The molecule has 1 fully saturated rings. The van der Waals surface area contributed by atoms with Crippen molar-refractivity contribution in [2.75, 3.05) is 38.5 Å². The van der Waals surface area contributed by atoms with Gasteiger partial charge in [0.2, 0.25) is 0 Å². The van der Waals surface area contributed by atoms with Gasteiger partial charge in [-0.3, -0.25) is 0 Å². The van der Waals surface area contributed by atoms with E-state index in [4.69, 9.17) is 9.47 Å². The third-order valence-electron chi connectivity index (χ3n) is 4.23. The number of carbonyl (C=O) groups is 1. The maximum absolute atomic E-state index is 12.5. The van der Waals surface area contributed by atoms with Crippen molar-refractivity contribution >= 4 is 15.9 Å². The van der Waals surface area contributed by atoms with E-state index in [-0.39, 0.29) is 30.3 Å². The van der Waals surface area contributed by atoms with Crippen LogP contribution in [0.5, 0.6) is 5.75 Å². The highest BCUT2D eigenvalue weighted by Gasteiger charge is 2.34. The Morgan fingerprint density at radius 1 is 1.36 bits per heavy atom. The molecule has 1 unspecified atom stereocenters. The average molecular weight is 370 g/mol. The molecule has 1 aromatic carbocycles. The zero-order valence-electron chi connectivity index (χ0n) is 14.9. The molecule has 0 aliphatic carbocycles. The number of nitrogens with zero attached hydrogens (tertiary/aromatic N) is 1. The second-order valence-corrected chi connectivity index (χ2v) is 8.51. The smallest absolute Gasteiger partial charge is 0.320 e. The van der Waals surface area contributed by atoms with E-state index in [1.54, 1.807) is 7.11 Å². The Balaban J connectivity index is 1.92. The molecule has 1 aliphatic rings. The van der Waals surface area contributed by atoms with E-state index in [9.17, 15) is 13.2 Å². The molecule has 2 rings (SSSR count). The Morgan fingerprint density at radius 3 is 2.72 bits per heavy atom. The van der Waals surface area contributed by atoms with Crippen LogP contribution in [0.1, 0.15) is 17.5 Å². The topological polar surface area (TPSA) is 84.9 Å². The Kier molecular flexibility index (Phi) is 6.66. The van der Waals surface area contributed by atoms with Gasteiger partial charge in [0.25, 0.3) is 0 Å². The summed E-state index contributed by atoms with van der Waals surface area (Å²) in [5, 5.41) is 2.70. The number of benzene rings is 1. The number of aryl methyl sites for hydroxylation is 2. The number of rotatable bonds is 7. The van der Waals surface area contributed by atoms with Crippen LogP contribution < -0.4 is 10.1 Å². The second-order valence-electron chi connectivity index (χ2n) is 6.28. The number of sulfone groups is 1. The number of hydrogen-bond donors (Lipinski definition) is 1. The number of nitrogens with one attached hydrogen (secondary N) is 1. The highest BCUT2D eigenvalue weighted by Crippen LogP contribution is 2.19. The zero-order chi connectivity index (χ0) is 18.4. The van der Waals surface area contributed by atoms with Gasteiger partial charge in [0.05, 0.1) is 18.1 Å². The summed E-state index contributed by atoms with van der Waals surface area (Å²) in [5.41, 5.74) is 2.13. The van der Waals surface area contributed by atoms with Crippen LogP contribution in [0.2, 0.25) is 0 Å². The maximum atomic E-state index is 12.5. The van der Waals surface area contributed by atoms with E-state index in [0.717, 1.165) is 11.1 Å². The van der Waals surface area contributed by atoms with Crippen molar-refractivity contribution in [2.45, 2.75) is 26.3 Å². The van der Waals surface area contributed by atoms with Gasteiger partial charge >= 0.3 is 6.03 Å². The van der Waals surface area contributed by atoms with E-state index < -0.39 is 9.84 Å². The number of hydrogen-bond acceptors (Lipinski definition) is 5. The third kappa shape index (κ3) is 5.61. The highest BCUT2D eigenvalue weighted by atomic mass is 32.2. The van der Waals surface area contributed by atoms with Gasteiger partial charge in [-0.2, -0.15) is 0 Å². The number of ether oxygens (including phenoxy) is 2. The summed E-state index contributed by atoms with van der Waals surface area (Å²) in [6, 6.07) is 5.15. The van der Waals surface area contributed by atoms with Crippen molar-refractivity contribution in [3.63, 3.8) is 0 Å². The fourth-order valence-corrected chi connectivity index (χ4v) is 4.63. The van der Waals surface area contributed by atoms with Crippen LogP contribution in [0.15, 0.2) is 18.2 Å². The van der Waals surface area contributed by atoms with Crippen LogP contribution in [0.25, 0.3) is 0 Å². The lowest BCUT2D eigenvalue weighted by Crippen LogP contribution is -2.49. The summed E-state index contributed by atoms with van der Waals surface area (Å²) in [7, 11) is -1.52. The van der Waals surface area contributed by atoms with Gasteiger partial charge < -0.3 is 19.7 Å². The minimum Gasteiger partial charge on any atom is -0.473 e. The molecule has 1 saturated heterocycles. The first-order valence-corrected chi connectivity index (χ1v) is 10.1. The molecule has 0 bridgehead atoms. The minimum atomic E-state index is -3.07. The van der Waals surface area contributed by atoms with Crippen molar-refractivity contribution in [3.05, 3.63) is 29.3 Å². The van der Waals surface area contributed by atoms with E-state index in [1.807, 2.05) is 32.0 Å². The number of amides is 2. The van der Waals surface area contributed by atoms with Crippen molar-refractivity contribution < 1.29 is 22.7 Å². The molecule has 0 saturated carbocycles. The number of carbonyl (C=O) groups excluding carboxylic acids is 1. The highest BCUT2D eigenvalue weighted by molar-refractivity contribution is 7.91. The predicted molar refractivity (Wildman–Crippen MR) is 95.6 cm³/mol. The van der Waals surface area contributed by atoms with Crippen molar-refractivity contribution in [3.8, 4) is 5.75 Å². The van der Waals surface area contributed by atoms with Crippen LogP contribution in [0.4, 0.5) is 4.79 Å². The Morgan fingerprint density at radius 2 is 2.12 bits per heavy atom. The third-order valence-corrected chi connectivity index (χ3v) is 5.98. The molecule has 2 amide bonds. The lowest BCUT2D eigenvalue weighted by Gasteiger charge is -2.28. The summed E-state index contributed by atoms with van der Waals surface area (Å²) in [6.07, 6.45) is 0.456. The van der Waals surface area contributed by atoms with Crippen LogP contribution in [0.3, 0.4) is 0 Å². The Labute approximate surface area is 149 Å². The van der Waals surface area contributed by atoms with Crippen molar-refractivity contribution in [1.29, 1.82) is 0 Å². The first-order chi connectivity index (χ1) is 11.8. The summed E-state index contributed by atoms with van der Waals surface area (Å²) in [4.78, 5) is 14.0. The van der Waals surface area contributed by atoms with Gasteiger partial charge in [0.1, 0.15) is 5.75 Å². The summed E-state index contributed by atoms with van der Waals surface area (Å²) >= 11 is 0. The average Bonchev–Trinajstić information content (AvgIpc) is 2.89. The molecule has 1 aliphatic heterocycles. The standard InChI is InChI=1S/C17H26N2O5S/c1-13-4-5-16(14(2)10-13)24-12-18-17(20)19(7-8-23-3)15-6-9-25(21,22)11-15/h4-5,10,15H,6-9,11-12H2,1-3H3,(H,18,20). The maximum Gasteiger partial charge on any atom is 0.320 e. The van der Waals surface area contributed by atoms with E-state index >= 15 is 0 Å². The second kappa shape index (κ2) is 8.53. The zero-order valence-corrected chi connectivity index (χ0v) is 15.8. The molecule has 0 radical (unpaired) electrons. The monoisotopic (exact) mass is 370 g/mol. The van der Waals surface area contributed by atoms with E-state index in [2.05, 4.69) is 5.32 Å². The molecule has 8 heteroatoms. The van der Waals surface area contributed by atoms with Gasteiger partial charge in [-0.25, -0.2) is 13.2 Å². The van der Waals surface area contributed by atoms with Gasteiger partial charge in [0, 0.05) is 19.7 Å². The number of methoxy groups -OCH3 is 1. The van der Waals surface area contributed by atoms with Crippen LogP contribution in [0, 0.1) is 13.8 Å². The first kappa shape index (κ1) is 19.5. The molecule has 1 atom stereocenters. The molecule has 7 nitrogen and oxygen atoms in total. The Hall–Kier alpha value is -1.80. The largest absolute Gasteiger partial charge is 0.473 e. The molecule has 25 heavy (non-hydrogen) atoms. The quantitative estimate of drug-likeness (QED) is 0.735. The molecule has 1 heterocycles. The van der Waals surface area contributed by atoms with E-state index in [1.165, 1.54) is 4.90 Å². The summed E-state index contributed by atoms with van der Waals surface area (Å²) in [6.45, 7) is 4.65. The molecule has 1 N–H and O–H groups in total. The molecule has 0 spiro atoms. The van der Waals surface area contributed by atoms with E-state index in [0.29, 0.717) is 25.3 Å². The Bertz CT molecular complexity index is 705. The summed E-state index contributed by atoms with van der Waals surface area (Å²) < 4.78 is 34.0. The van der Waals surface area contributed by atoms with Crippen LogP contribution in [-0.4, -0.2) is 63.9 Å². The van der Waals surface area contributed by atoms with Gasteiger partial charge in [-0.05, 0) is 31.9 Å². The predicted octanol–water partition coefficient (Wildman–Crippen LogP) is 1.48. The van der Waals surface area contributed by atoms with Crippen molar-refractivity contribution in [2.24, 2.45) is 0 Å². The van der Waals surface area contributed by atoms with Crippen molar-refractivity contribution in [1.82, 2.24) is 10.2 Å². The number of urea groups is 1. The molecule has 140 valence electrons. The lowest BCUT2D eigenvalue weighted by atomic mass is 10.1. The SMILES string of the molecule is COCCN(C(=O)NCOc1ccc(C)cc1C)C1CCS(=O)(=O)C1. The lowest BCUT2D eigenvalue weighted by molar-refractivity contribution is 0.129.